The molecule has 98 valence electrons. The number of nitrogens with one attached hydrogen (secondary N) is 1. The van der Waals surface area contributed by atoms with Crippen LogP contribution in [0.25, 0.3) is 0 Å². The average molecular weight is 240 g/mol. The lowest BCUT2D eigenvalue weighted by atomic mass is 9.96. The molecule has 0 aromatic heterocycles. The second-order valence-electron chi connectivity index (χ2n) is 5.21. The molecule has 2 fully saturated rings. The predicted molar refractivity (Wildman–Crippen MR) is 68.2 cm³/mol. The van der Waals surface area contributed by atoms with Crippen molar-refractivity contribution in [2.75, 3.05) is 13.1 Å². The van der Waals surface area contributed by atoms with E-state index in [0.29, 0.717) is 11.9 Å². The third kappa shape index (κ3) is 2.90. The Kier molecular flexibility index (Phi) is 4.23. The quantitative estimate of drug-likeness (QED) is 0.293. The summed E-state index contributed by atoms with van der Waals surface area (Å²) in [6.45, 7) is 4.52. The number of nitrogens with two attached hydrogens (primary N) is 1. The zero-order valence-corrected chi connectivity index (χ0v) is 10.6. The Hall–Kier alpha value is -0.810. The van der Waals surface area contributed by atoms with Gasteiger partial charge in [0.1, 0.15) is 0 Å². The summed E-state index contributed by atoms with van der Waals surface area (Å²) in [5.74, 6) is 0.307. The Labute approximate surface area is 103 Å². The number of hydrogen-bond acceptors (Lipinski definition) is 4. The topological polar surface area (TPSA) is 73.9 Å². The average Bonchev–Trinajstić information content (AvgIpc) is 2.82. The molecule has 4 N–H and O–H groups in total. The normalized spacial score (nSPS) is 32.4. The highest BCUT2D eigenvalue weighted by Crippen LogP contribution is 2.27. The largest absolute Gasteiger partial charge is 0.409 e. The second-order valence-corrected chi connectivity index (χ2v) is 5.21. The molecule has 2 heterocycles. The first-order chi connectivity index (χ1) is 8.24. The molecule has 0 aromatic rings. The van der Waals surface area contributed by atoms with Crippen LogP contribution >= 0.6 is 0 Å². The third-order valence-electron chi connectivity index (χ3n) is 4.14. The maximum Gasteiger partial charge on any atom is 0.156 e. The van der Waals surface area contributed by atoms with Gasteiger partial charge in [-0.3, -0.25) is 0 Å². The van der Waals surface area contributed by atoms with Crippen LogP contribution in [0, 0.1) is 0 Å². The van der Waals surface area contributed by atoms with Crippen molar-refractivity contribution < 1.29 is 5.21 Å². The van der Waals surface area contributed by atoms with E-state index in [9.17, 15) is 0 Å². The van der Waals surface area contributed by atoms with Crippen molar-refractivity contribution in [3.05, 3.63) is 0 Å². The van der Waals surface area contributed by atoms with Crippen molar-refractivity contribution in [1.29, 1.82) is 0 Å². The van der Waals surface area contributed by atoms with Gasteiger partial charge in [-0.2, -0.15) is 0 Å². The number of amidine groups is 1. The highest BCUT2D eigenvalue weighted by atomic mass is 16.4. The number of hydrogen-bond donors (Lipinski definition) is 3. The Balaban J connectivity index is 1.86. The monoisotopic (exact) mass is 240 g/mol. The number of nitrogens with zero attached hydrogens (tertiary/aromatic N) is 2. The predicted octanol–water partition coefficient (Wildman–Crippen LogP) is 0.728. The van der Waals surface area contributed by atoms with Gasteiger partial charge in [0.25, 0.3) is 0 Å². The highest BCUT2D eigenvalue weighted by Gasteiger charge is 2.32. The van der Waals surface area contributed by atoms with Crippen LogP contribution in [0.1, 0.15) is 39.0 Å². The first-order valence-electron chi connectivity index (χ1n) is 6.72. The fourth-order valence-electron chi connectivity index (χ4n) is 3.14. The Bertz CT molecular complexity index is 282. The number of oxime groups is 1. The molecule has 3 unspecified atom stereocenters. The summed E-state index contributed by atoms with van der Waals surface area (Å²) in [5, 5.41) is 15.4. The van der Waals surface area contributed by atoms with Crippen LogP contribution in [0.4, 0.5) is 0 Å². The lowest BCUT2D eigenvalue weighted by Crippen LogP contribution is -2.52. The molecule has 2 rings (SSSR count). The maximum atomic E-state index is 8.73. The molecule has 3 atom stereocenters. The minimum Gasteiger partial charge on any atom is -0.409 e. The van der Waals surface area contributed by atoms with Crippen LogP contribution in [0.3, 0.4) is 0 Å². The lowest BCUT2D eigenvalue weighted by Gasteiger charge is -2.36. The van der Waals surface area contributed by atoms with Crippen LogP contribution in [-0.4, -0.2) is 47.2 Å². The van der Waals surface area contributed by atoms with Crippen LogP contribution < -0.4 is 11.1 Å². The van der Waals surface area contributed by atoms with Gasteiger partial charge < -0.3 is 21.2 Å². The summed E-state index contributed by atoms with van der Waals surface area (Å²) in [4.78, 5) is 2.60. The summed E-state index contributed by atoms with van der Waals surface area (Å²) < 4.78 is 0. The van der Waals surface area contributed by atoms with E-state index >= 15 is 0 Å². The standard InChI is InChI=1S/C12H24N4O/c1-2-11(12(13)15-17)14-9-5-7-16-6-3-4-10(16)8-9/h9-11,14,17H,2-8H2,1H3,(H2,13,15). The van der Waals surface area contributed by atoms with Gasteiger partial charge in [0.2, 0.25) is 0 Å². The molecule has 2 aliphatic rings. The van der Waals surface area contributed by atoms with Gasteiger partial charge >= 0.3 is 0 Å². The number of piperidine rings is 1. The van der Waals surface area contributed by atoms with Crippen LogP contribution in [0.5, 0.6) is 0 Å². The van der Waals surface area contributed by atoms with E-state index in [1.165, 1.54) is 38.8 Å². The van der Waals surface area contributed by atoms with Gasteiger partial charge in [-0.25, -0.2) is 0 Å². The Morgan fingerprint density at radius 1 is 1.53 bits per heavy atom. The summed E-state index contributed by atoms with van der Waals surface area (Å²) in [7, 11) is 0. The molecule has 0 aliphatic carbocycles. The van der Waals surface area contributed by atoms with E-state index < -0.39 is 0 Å². The first kappa shape index (κ1) is 12.6. The molecule has 0 aromatic carbocycles. The molecular weight excluding hydrogens is 216 g/mol. The molecule has 0 amide bonds. The van der Waals surface area contributed by atoms with Crippen LogP contribution in [0.15, 0.2) is 5.16 Å². The van der Waals surface area contributed by atoms with E-state index in [0.717, 1.165) is 12.5 Å². The van der Waals surface area contributed by atoms with E-state index in [1.807, 2.05) is 0 Å². The van der Waals surface area contributed by atoms with Gasteiger partial charge in [-0.05, 0) is 45.2 Å². The van der Waals surface area contributed by atoms with E-state index in [-0.39, 0.29) is 6.04 Å². The third-order valence-corrected chi connectivity index (χ3v) is 4.14. The van der Waals surface area contributed by atoms with Crippen molar-refractivity contribution in [3.8, 4) is 0 Å². The molecule has 0 saturated carbocycles. The fourth-order valence-corrected chi connectivity index (χ4v) is 3.14. The van der Waals surface area contributed by atoms with Gasteiger partial charge in [-0.15, -0.1) is 0 Å². The molecule has 0 radical (unpaired) electrons. The first-order valence-corrected chi connectivity index (χ1v) is 6.72. The Morgan fingerprint density at radius 2 is 2.35 bits per heavy atom. The minimum absolute atomic E-state index is 0.0120. The molecule has 2 aliphatic heterocycles. The molecule has 0 spiro atoms. The molecule has 5 heteroatoms. The number of fused-ring (bicyclic) bond motifs is 1. The number of rotatable bonds is 4. The molecule has 0 bridgehead atoms. The summed E-state index contributed by atoms with van der Waals surface area (Å²) >= 11 is 0. The van der Waals surface area contributed by atoms with Gasteiger partial charge in [0.05, 0.1) is 6.04 Å². The smallest absolute Gasteiger partial charge is 0.156 e. The molecule has 5 nitrogen and oxygen atoms in total. The maximum absolute atomic E-state index is 8.73. The van der Waals surface area contributed by atoms with Crippen LogP contribution in [0.2, 0.25) is 0 Å². The summed E-state index contributed by atoms with van der Waals surface area (Å²) in [5.41, 5.74) is 5.68. The van der Waals surface area contributed by atoms with Crippen molar-refractivity contribution in [2.45, 2.75) is 57.2 Å². The van der Waals surface area contributed by atoms with Gasteiger partial charge in [0.15, 0.2) is 5.84 Å². The molecule has 17 heavy (non-hydrogen) atoms. The summed E-state index contributed by atoms with van der Waals surface area (Å²) in [6.07, 6.45) is 5.91. The summed E-state index contributed by atoms with van der Waals surface area (Å²) in [6, 6.07) is 1.28. The van der Waals surface area contributed by atoms with Crippen molar-refractivity contribution in [2.24, 2.45) is 10.9 Å². The van der Waals surface area contributed by atoms with Gasteiger partial charge in [0, 0.05) is 12.1 Å². The van der Waals surface area contributed by atoms with E-state index in [4.69, 9.17) is 10.9 Å². The molecular formula is C12H24N4O. The Morgan fingerprint density at radius 3 is 3.06 bits per heavy atom. The fraction of sp³-hybridized carbons (Fsp3) is 0.917. The zero-order valence-electron chi connectivity index (χ0n) is 10.6. The van der Waals surface area contributed by atoms with Crippen molar-refractivity contribution in [1.82, 2.24) is 10.2 Å². The zero-order chi connectivity index (χ0) is 12.3. The van der Waals surface area contributed by atoms with E-state index in [1.54, 1.807) is 0 Å². The van der Waals surface area contributed by atoms with E-state index in [2.05, 4.69) is 22.3 Å². The van der Waals surface area contributed by atoms with Gasteiger partial charge in [-0.1, -0.05) is 12.1 Å². The van der Waals surface area contributed by atoms with Crippen LogP contribution in [-0.2, 0) is 0 Å². The SMILES string of the molecule is CCC(NC1CCN2CCCC2C1)C(N)=NO. The van der Waals surface area contributed by atoms with Crippen molar-refractivity contribution in [3.63, 3.8) is 0 Å². The lowest BCUT2D eigenvalue weighted by molar-refractivity contribution is 0.164. The molecule has 2 saturated heterocycles. The minimum atomic E-state index is 0.0120. The highest BCUT2D eigenvalue weighted by molar-refractivity contribution is 5.85. The second kappa shape index (κ2) is 5.69. The van der Waals surface area contributed by atoms with Crippen molar-refractivity contribution >= 4 is 5.84 Å².